The van der Waals surface area contributed by atoms with Gasteiger partial charge in [-0.15, -0.1) is 0 Å². The summed E-state index contributed by atoms with van der Waals surface area (Å²) in [6, 6.07) is 0. The number of ketones is 1. The molecule has 0 amide bonds. The molecular formula is C34H68O. The van der Waals surface area contributed by atoms with Crippen molar-refractivity contribution in [3.05, 3.63) is 12.2 Å². The van der Waals surface area contributed by atoms with E-state index in [1.807, 2.05) is 6.92 Å². The molecular weight excluding hydrogens is 424 g/mol. The number of hydrogen-bond acceptors (Lipinski definition) is 1. The second-order valence-electron chi connectivity index (χ2n) is 11.1. The number of carbonyl (C=O) groups excluding carboxylic acids is 1. The molecule has 0 rings (SSSR count). The van der Waals surface area contributed by atoms with Crippen molar-refractivity contribution in [2.45, 2.75) is 195 Å². The van der Waals surface area contributed by atoms with Crippen LogP contribution in [0.2, 0.25) is 0 Å². The lowest BCUT2D eigenvalue weighted by Crippen LogP contribution is -2.15. The van der Waals surface area contributed by atoms with Crippen molar-refractivity contribution in [3.63, 3.8) is 0 Å². The number of hydrogen-bond donors (Lipinski definition) is 0. The smallest absolute Gasteiger partial charge is 0.161 e. The minimum Gasteiger partial charge on any atom is -0.294 e. The number of Topliss-reactive ketones (excluding diaryl/α,β-unsaturated/α-hetero) is 1. The van der Waals surface area contributed by atoms with Crippen LogP contribution in [0.4, 0.5) is 0 Å². The summed E-state index contributed by atoms with van der Waals surface area (Å²) in [6.07, 6.45) is 33.6. The van der Waals surface area contributed by atoms with Gasteiger partial charge in [-0.3, -0.25) is 4.79 Å². The van der Waals surface area contributed by atoms with Crippen molar-refractivity contribution >= 4 is 5.78 Å². The van der Waals surface area contributed by atoms with Crippen LogP contribution >= 0.6 is 0 Å². The molecule has 0 aliphatic rings. The van der Waals surface area contributed by atoms with Crippen molar-refractivity contribution < 1.29 is 4.79 Å². The molecule has 0 bridgehead atoms. The highest BCUT2D eigenvalue weighted by Gasteiger charge is 2.18. The Kier molecular flexibility index (Phi) is 32.8. The van der Waals surface area contributed by atoms with E-state index in [9.17, 15) is 4.79 Å². The second kappa shape index (κ2) is 31.4. The molecule has 1 nitrogen and oxygen atoms in total. The van der Waals surface area contributed by atoms with Crippen LogP contribution in [0.15, 0.2) is 12.2 Å². The maximum absolute atomic E-state index is 12.4. The molecule has 0 radical (unpaired) electrons. The number of unbranched alkanes of at least 4 members (excludes halogenated alkanes) is 20. The van der Waals surface area contributed by atoms with Gasteiger partial charge in [-0.05, 0) is 25.3 Å². The number of rotatable bonds is 26. The predicted octanol–water partition coefficient (Wildman–Crippen LogP) is 12.6. The van der Waals surface area contributed by atoms with Crippen LogP contribution in [-0.4, -0.2) is 5.78 Å². The summed E-state index contributed by atoms with van der Waals surface area (Å²) >= 11 is 0. The van der Waals surface area contributed by atoms with Gasteiger partial charge in [0.05, 0.1) is 0 Å². The molecule has 0 N–H and O–H groups in total. The van der Waals surface area contributed by atoms with Gasteiger partial charge in [0.1, 0.15) is 0 Å². The lowest BCUT2D eigenvalue weighted by atomic mass is 9.88. The molecule has 1 unspecified atom stereocenters. The Morgan fingerprint density at radius 1 is 0.457 bits per heavy atom. The van der Waals surface area contributed by atoms with Gasteiger partial charge in [-0.1, -0.05) is 182 Å². The van der Waals surface area contributed by atoms with Gasteiger partial charge in [-0.2, -0.15) is 0 Å². The zero-order valence-corrected chi connectivity index (χ0v) is 25.4. The summed E-state index contributed by atoms with van der Waals surface area (Å²) in [5.74, 6) is 0.571. The zero-order valence-electron chi connectivity index (χ0n) is 25.4. The first kappa shape index (κ1) is 36.6. The molecule has 0 saturated heterocycles. The fourth-order valence-electron chi connectivity index (χ4n) is 4.83. The van der Waals surface area contributed by atoms with E-state index in [2.05, 4.69) is 34.3 Å². The third-order valence-electron chi connectivity index (χ3n) is 7.31. The zero-order chi connectivity index (χ0) is 26.4. The molecule has 1 atom stereocenters. The van der Waals surface area contributed by atoms with Crippen LogP contribution in [0, 0.1) is 5.92 Å². The maximum atomic E-state index is 12.4. The summed E-state index contributed by atoms with van der Waals surface area (Å²) in [4.78, 5) is 12.4. The monoisotopic (exact) mass is 493 g/mol. The predicted molar refractivity (Wildman–Crippen MR) is 161 cm³/mol. The highest BCUT2D eigenvalue weighted by Crippen LogP contribution is 2.22. The molecule has 0 aromatic carbocycles. The normalized spacial score (nSPS) is 11.7. The summed E-state index contributed by atoms with van der Waals surface area (Å²) in [6.45, 7) is 14.8. The first-order valence-corrected chi connectivity index (χ1v) is 16.2. The fourth-order valence-corrected chi connectivity index (χ4v) is 4.83. The Bertz CT molecular complexity index is 416. The standard InChI is InChI=1S/C24H46O.C10H22/c1-5-7-9-11-13-15-17-19-21-23(24(25)22(3)4)20-18-16-14-12-10-8-6-2;1-3-5-7-9-10-8-6-4-2/h23H,3,5-21H2,1-2,4H3;3-10H2,1-2H3. The summed E-state index contributed by atoms with van der Waals surface area (Å²) in [5, 5.41) is 0. The molecule has 0 saturated carbocycles. The first-order chi connectivity index (χ1) is 17.0. The molecule has 0 heterocycles. The van der Waals surface area contributed by atoms with E-state index < -0.39 is 0 Å². The lowest BCUT2D eigenvalue weighted by Gasteiger charge is -2.16. The maximum Gasteiger partial charge on any atom is 0.161 e. The number of carbonyl (C=O) groups is 1. The van der Waals surface area contributed by atoms with E-state index in [1.165, 1.54) is 148 Å². The van der Waals surface area contributed by atoms with Gasteiger partial charge >= 0.3 is 0 Å². The Hall–Kier alpha value is -0.590. The minimum atomic E-state index is 0.244. The van der Waals surface area contributed by atoms with Gasteiger partial charge in [-0.25, -0.2) is 0 Å². The van der Waals surface area contributed by atoms with Crippen molar-refractivity contribution in [1.82, 2.24) is 0 Å². The highest BCUT2D eigenvalue weighted by molar-refractivity contribution is 5.95. The molecule has 35 heavy (non-hydrogen) atoms. The van der Waals surface area contributed by atoms with Gasteiger partial charge in [0, 0.05) is 5.92 Å². The van der Waals surface area contributed by atoms with Crippen LogP contribution in [0.1, 0.15) is 195 Å². The molecule has 210 valence electrons. The van der Waals surface area contributed by atoms with Gasteiger partial charge in [0.25, 0.3) is 0 Å². The van der Waals surface area contributed by atoms with Crippen LogP contribution in [0.3, 0.4) is 0 Å². The van der Waals surface area contributed by atoms with E-state index >= 15 is 0 Å². The quantitative estimate of drug-likeness (QED) is 0.0866. The van der Waals surface area contributed by atoms with Crippen molar-refractivity contribution in [2.24, 2.45) is 5.92 Å². The topological polar surface area (TPSA) is 17.1 Å². The third kappa shape index (κ3) is 29.5. The average molecular weight is 493 g/mol. The van der Waals surface area contributed by atoms with Crippen LogP contribution in [0.25, 0.3) is 0 Å². The SMILES string of the molecule is C=C(C)C(=O)C(CCCCCCCCC)CCCCCCCCCC.CCCCCCCCCC. The Labute approximate surface area is 223 Å². The first-order valence-electron chi connectivity index (χ1n) is 16.2. The van der Waals surface area contributed by atoms with Crippen LogP contribution in [0.5, 0.6) is 0 Å². The van der Waals surface area contributed by atoms with E-state index in [0.29, 0.717) is 5.78 Å². The van der Waals surface area contributed by atoms with Gasteiger partial charge < -0.3 is 0 Å². The van der Waals surface area contributed by atoms with Crippen LogP contribution in [-0.2, 0) is 4.79 Å². The van der Waals surface area contributed by atoms with Crippen LogP contribution < -0.4 is 0 Å². The largest absolute Gasteiger partial charge is 0.294 e. The van der Waals surface area contributed by atoms with E-state index in [1.54, 1.807) is 0 Å². The highest BCUT2D eigenvalue weighted by atomic mass is 16.1. The lowest BCUT2D eigenvalue weighted by molar-refractivity contribution is -0.119. The average Bonchev–Trinajstić information content (AvgIpc) is 2.85. The fraction of sp³-hybridized carbons (Fsp3) is 0.912. The van der Waals surface area contributed by atoms with E-state index in [0.717, 1.165) is 18.4 Å². The third-order valence-corrected chi connectivity index (χ3v) is 7.31. The molecule has 0 aliphatic carbocycles. The number of allylic oxidation sites excluding steroid dienone is 1. The molecule has 0 fully saturated rings. The van der Waals surface area contributed by atoms with E-state index in [-0.39, 0.29) is 5.92 Å². The van der Waals surface area contributed by atoms with Crippen molar-refractivity contribution in [3.8, 4) is 0 Å². The van der Waals surface area contributed by atoms with Gasteiger partial charge in [0.15, 0.2) is 5.78 Å². The van der Waals surface area contributed by atoms with Gasteiger partial charge in [0.2, 0.25) is 0 Å². The Balaban J connectivity index is 0. The Morgan fingerprint density at radius 3 is 0.914 bits per heavy atom. The van der Waals surface area contributed by atoms with Crippen molar-refractivity contribution in [1.29, 1.82) is 0 Å². The summed E-state index contributed by atoms with van der Waals surface area (Å²) in [7, 11) is 0. The Morgan fingerprint density at radius 2 is 0.686 bits per heavy atom. The molecule has 0 spiro atoms. The summed E-state index contributed by atoms with van der Waals surface area (Å²) < 4.78 is 0. The van der Waals surface area contributed by atoms with E-state index in [4.69, 9.17) is 0 Å². The summed E-state index contributed by atoms with van der Waals surface area (Å²) in [5.41, 5.74) is 0.757. The van der Waals surface area contributed by atoms with Crippen molar-refractivity contribution in [2.75, 3.05) is 0 Å². The molecule has 0 aliphatic heterocycles. The minimum absolute atomic E-state index is 0.244. The molecule has 0 aromatic rings. The molecule has 0 aromatic heterocycles. The second-order valence-corrected chi connectivity index (χ2v) is 11.1. The molecule has 1 heteroatoms.